The standard InChI is InChI=1S/C12H13ClN2O/c1-12(2,3)10-7-5-4-6-8(13)9(7)11(16)15-14-10/h4-6H,1-3H3,(H,15,16). The molecule has 0 atom stereocenters. The van der Waals surface area contributed by atoms with Crippen LogP contribution in [0.25, 0.3) is 10.8 Å². The van der Waals surface area contributed by atoms with Crippen LogP contribution in [-0.2, 0) is 5.41 Å². The number of rotatable bonds is 0. The smallest absolute Gasteiger partial charge is 0.267 e. The number of benzene rings is 1. The summed E-state index contributed by atoms with van der Waals surface area (Å²) in [5.41, 5.74) is 0.478. The number of nitrogens with zero attached hydrogens (tertiary/aromatic N) is 1. The number of nitrogens with one attached hydrogen (secondary N) is 1. The van der Waals surface area contributed by atoms with Gasteiger partial charge in [-0.3, -0.25) is 4.79 Å². The Balaban J connectivity index is 2.96. The molecule has 0 aliphatic rings. The van der Waals surface area contributed by atoms with Gasteiger partial charge in [-0.1, -0.05) is 44.5 Å². The average molecular weight is 237 g/mol. The van der Waals surface area contributed by atoms with Gasteiger partial charge in [0.2, 0.25) is 0 Å². The van der Waals surface area contributed by atoms with E-state index in [1.54, 1.807) is 6.07 Å². The first-order valence-corrected chi connectivity index (χ1v) is 5.46. The van der Waals surface area contributed by atoms with E-state index in [0.29, 0.717) is 10.4 Å². The molecule has 4 heteroatoms. The van der Waals surface area contributed by atoms with Crippen molar-refractivity contribution >= 4 is 22.4 Å². The van der Waals surface area contributed by atoms with Crippen LogP contribution in [0.1, 0.15) is 26.5 Å². The molecule has 0 amide bonds. The van der Waals surface area contributed by atoms with Crippen LogP contribution >= 0.6 is 11.6 Å². The van der Waals surface area contributed by atoms with Gasteiger partial charge in [-0.25, -0.2) is 5.10 Å². The minimum atomic E-state index is -0.242. The zero-order valence-corrected chi connectivity index (χ0v) is 10.2. The van der Waals surface area contributed by atoms with Gasteiger partial charge in [0, 0.05) is 10.8 Å². The van der Waals surface area contributed by atoms with Gasteiger partial charge in [-0.2, -0.15) is 5.10 Å². The summed E-state index contributed by atoms with van der Waals surface area (Å²) in [6.45, 7) is 6.15. The molecule has 1 N–H and O–H groups in total. The molecule has 0 saturated heterocycles. The molecule has 0 spiro atoms. The van der Waals surface area contributed by atoms with Crippen LogP contribution in [0.4, 0.5) is 0 Å². The van der Waals surface area contributed by atoms with Gasteiger partial charge in [0.1, 0.15) is 0 Å². The fraction of sp³-hybridized carbons (Fsp3) is 0.333. The zero-order valence-electron chi connectivity index (χ0n) is 9.47. The Kier molecular flexibility index (Phi) is 2.50. The number of H-pyrrole nitrogens is 1. The largest absolute Gasteiger partial charge is 0.273 e. The van der Waals surface area contributed by atoms with Crippen molar-refractivity contribution < 1.29 is 0 Å². The Bertz CT molecular complexity index is 596. The predicted octanol–water partition coefficient (Wildman–Crippen LogP) is 2.87. The molecule has 0 radical (unpaired) electrons. The van der Waals surface area contributed by atoms with Crippen molar-refractivity contribution in [2.75, 3.05) is 0 Å². The Hall–Kier alpha value is -1.35. The number of halogens is 1. The summed E-state index contributed by atoms with van der Waals surface area (Å²) in [4.78, 5) is 11.7. The summed E-state index contributed by atoms with van der Waals surface area (Å²) in [5.74, 6) is 0. The third-order valence-corrected chi connectivity index (χ3v) is 2.79. The fourth-order valence-electron chi connectivity index (χ4n) is 1.75. The maximum Gasteiger partial charge on any atom is 0.273 e. The van der Waals surface area contributed by atoms with Crippen molar-refractivity contribution in [1.82, 2.24) is 10.2 Å². The normalized spacial score (nSPS) is 12.0. The van der Waals surface area contributed by atoms with Crippen LogP contribution in [0, 0.1) is 0 Å². The lowest BCUT2D eigenvalue weighted by atomic mass is 9.89. The highest BCUT2D eigenvalue weighted by molar-refractivity contribution is 6.35. The molecule has 1 heterocycles. The molecule has 0 fully saturated rings. The number of aromatic amines is 1. The van der Waals surface area contributed by atoms with E-state index in [1.807, 2.05) is 32.9 Å². The molecule has 2 rings (SSSR count). The lowest BCUT2D eigenvalue weighted by Crippen LogP contribution is -2.20. The monoisotopic (exact) mass is 236 g/mol. The molecular formula is C12H13ClN2O. The first-order valence-electron chi connectivity index (χ1n) is 5.08. The lowest BCUT2D eigenvalue weighted by molar-refractivity contribution is 0.564. The number of fused-ring (bicyclic) bond motifs is 1. The Morgan fingerprint density at radius 2 is 2.00 bits per heavy atom. The van der Waals surface area contributed by atoms with Crippen molar-refractivity contribution in [3.8, 4) is 0 Å². The average Bonchev–Trinajstić information content (AvgIpc) is 2.16. The van der Waals surface area contributed by atoms with Gasteiger partial charge < -0.3 is 0 Å². The maximum atomic E-state index is 11.7. The molecule has 0 aliphatic heterocycles. The van der Waals surface area contributed by atoms with Crippen LogP contribution in [0.5, 0.6) is 0 Å². The van der Waals surface area contributed by atoms with Gasteiger partial charge >= 0.3 is 0 Å². The van der Waals surface area contributed by atoms with E-state index in [4.69, 9.17) is 11.6 Å². The number of aromatic nitrogens is 2. The molecule has 0 aliphatic carbocycles. The summed E-state index contributed by atoms with van der Waals surface area (Å²) in [6.07, 6.45) is 0. The molecule has 3 nitrogen and oxygen atoms in total. The van der Waals surface area contributed by atoms with Crippen molar-refractivity contribution in [3.05, 3.63) is 39.3 Å². The van der Waals surface area contributed by atoms with Crippen LogP contribution in [0.2, 0.25) is 5.02 Å². The summed E-state index contributed by atoms with van der Waals surface area (Å²) < 4.78 is 0. The molecule has 1 aromatic carbocycles. The van der Waals surface area contributed by atoms with Gasteiger partial charge in [0.15, 0.2) is 0 Å². The van der Waals surface area contributed by atoms with Gasteiger partial charge in [-0.05, 0) is 6.07 Å². The minimum absolute atomic E-state index is 0.132. The zero-order chi connectivity index (χ0) is 11.9. The molecule has 1 aromatic heterocycles. The van der Waals surface area contributed by atoms with E-state index in [9.17, 15) is 4.79 Å². The second-order valence-electron chi connectivity index (χ2n) is 4.81. The molecule has 16 heavy (non-hydrogen) atoms. The second-order valence-corrected chi connectivity index (χ2v) is 5.22. The topological polar surface area (TPSA) is 45.8 Å². The van der Waals surface area contributed by atoms with Gasteiger partial charge in [-0.15, -0.1) is 0 Å². The van der Waals surface area contributed by atoms with E-state index in [1.165, 1.54) is 0 Å². The number of hydrogen-bond donors (Lipinski definition) is 1. The van der Waals surface area contributed by atoms with E-state index >= 15 is 0 Å². The first-order chi connectivity index (χ1) is 7.41. The van der Waals surface area contributed by atoms with Gasteiger partial charge in [0.05, 0.1) is 16.1 Å². The maximum absolute atomic E-state index is 11.7. The quantitative estimate of drug-likeness (QED) is 0.765. The van der Waals surface area contributed by atoms with E-state index in [0.717, 1.165) is 11.1 Å². The Morgan fingerprint density at radius 1 is 1.31 bits per heavy atom. The molecule has 0 unspecified atom stereocenters. The summed E-state index contributed by atoms with van der Waals surface area (Å²) in [5, 5.41) is 8.43. The third kappa shape index (κ3) is 1.71. The van der Waals surface area contributed by atoms with Crippen LogP contribution < -0.4 is 5.56 Å². The molecule has 84 valence electrons. The predicted molar refractivity (Wildman–Crippen MR) is 66.1 cm³/mol. The minimum Gasteiger partial charge on any atom is -0.267 e. The highest BCUT2D eigenvalue weighted by Gasteiger charge is 2.20. The first kappa shape index (κ1) is 11.1. The molecule has 0 saturated carbocycles. The van der Waals surface area contributed by atoms with Gasteiger partial charge in [0.25, 0.3) is 5.56 Å². The van der Waals surface area contributed by atoms with Crippen molar-refractivity contribution in [2.24, 2.45) is 0 Å². The summed E-state index contributed by atoms with van der Waals surface area (Å²) in [6, 6.07) is 5.43. The van der Waals surface area contributed by atoms with E-state index in [2.05, 4.69) is 10.2 Å². The van der Waals surface area contributed by atoms with Crippen LogP contribution in [0.15, 0.2) is 23.0 Å². The number of hydrogen-bond acceptors (Lipinski definition) is 2. The highest BCUT2D eigenvalue weighted by Crippen LogP contribution is 2.28. The van der Waals surface area contributed by atoms with Crippen molar-refractivity contribution in [2.45, 2.75) is 26.2 Å². The SMILES string of the molecule is CC(C)(C)c1n[nH]c(=O)c2c(Cl)cccc12. The van der Waals surface area contributed by atoms with Crippen LogP contribution in [0.3, 0.4) is 0 Å². The highest BCUT2D eigenvalue weighted by atomic mass is 35.5. The summed E-state index contributed by atoms with van der Waals surface area (Å²) in [7, 11) is 0. The van der Waals surface area contributed by atoms with Crippen molar-refractivity contribution in [1.29, 1.82) is 0 Å². The van der Waals surface area contributed by atoms with E-state index in [-0.39, 0.29) is 11.0 Å². The Morgan fingerprint density at radius 3 is 2.62 bits per heavy atom. The van der Waals surface area contributed by atoms with Crippen molar-refractivity contribution in [3.63, 3.8) is 0 Å². The molecule has 2 aromatic rings. The third-order valence-electron chi connectivity index (χ3n) is 2.48. The molecular weight excluding hydrogens is 224 g/mol. The van der Waals surface area contributed by atoms with E-state index < -0.39 is 0 Å². The fourth-order valence-corrected chi connectivity index (χ4v) is 2.01. The summed E-state index contributed by atoms with van der Waals surface area (Å²) >= 11 is 6.04. The second kappa shape index (κ2) is 3.59. The lowest BCUT2D eigenvalue weighted by Gasteiger charge is -2.19. The van der Waals surface area contributed by atoms with Crippen LogP contribution in [-0.4, -0.2) is 10.2 Å². The Labute approximate surface area is 98.4 Å². The molecule has 0 bridgehead atoms.